The molecule has 166 valence electrons. The molecular weight excluding hydrogens is 436 g/mol. The molecule has 0 spiro atoms. The fourth-order valence-corrected chi connectivity index (χ4v) is 4.66. The Hall–Kier alpha value is -3.78. The molecule has 0 bridgehead atoms. The van der Waals surface area contributed by atoms with E-state index in [0.29, 0.717) is 28.1 Å². The zero-order valence-corrected chi connectivity index (χ0v) is 19.0. The van der Waals surface area contributed by atoms with Gasteiger partial charge < -0.3 is 9.47 Å². The number of fused-ring (bicyclic) bond motifs is 2. The lowest BCUT2D eigenvalue weighted by Crippen LogP contribution is -2.50. The van der Waals surface area contributed by atoms with Crippen LogP contribution in [0, 0.1) is 0 Å². The molecule has 8 heteroatoms. The van der Waals surface area contributed by atoms with Crippen LogP contribution < -0.4 is 25.4 Å². The predicted molar refractivity (Wildman–Crippen MR) is 128 cm³/mol. The molecule has 0 saturated heterocycles. The van der Waals surface area contributed by atoms with Gasteiger partial charge in [-0.1, -0.05) is 66.4 Å². The number of nitrogens with one attached hydrogen (secondary N) is 1. The zero-order valence-electron chi connectivity index (χ0n) is 18.2. The predicted octanol–water partition coefficient (Wildman–Crippen LogP) is 2.78. The molecule has 7 nitrogen and oxygen atoms in total. The second kappa shape index (κ2) is 8.99. The number of thioether (sulfide) groups is 1. The van der Waals surface area contributed by atoms with Crippen molar-refractivity contribution in [3.63, 3.8) is 0 Å². The minimum Gasteiger partial charge on any atom is -0.493 e. The summed E-state index contributed by atoms with van der Waals surface area (Å²) in [6, 6.07) is 23.3. The minimum atomic E-state index is -0.520. The zero-order chi connectivity index (χ0) is 22.8. The van der Waals surface area contributed by atoms with Crippen molar-refractivity contribution >= 4 is 28.5 Å². The highest BCUT2D eigenvalue weighted by molar-refractivity contribution is 8.13. The maximum atomic E-state index is 13.2. The molecule has 3 aromatic rings. The topological polar surface area (TPSA) is 75.5 Å². The van der Waals surface area contributed by atoms with Gasteiger partial charge in [-0.2, -0.15) is 0 Å². The van der Waals surface area contributed by atoms with Crippen LogP contribution >= 0.6 is 11.8 Å². The number of hydrogen-bond donors (Lipinski definition) is 1. The van der Waals surface area contributed by atoms with Gasteiger partial charge in [-0.15, -0.1) is 5.10 Å². The van der Waals surface area contributed by atoms with Crippen molar-refractivity contribution in [3.8, 4) is 11.5 Å². The van der Waals surface area contributed by atoms with Crippen LogP contribution in [0.1, 0.15) is 17.3 Å². The molecule has 3 aromatic carbocycles. The molecule has 33 heavy (non-hydrogen) atoms. The summed E-state index contributed by atoms with van der Waals surface area (Å²) in [6.07, 6.45) is -0.520. The van der Waals surface area contributed by atoms with E-state index < -0.39 is 6.17 Å². The largest absolute Gasteiger partial charge is 0.493 e. The van der Waals surface area contributed by atoms with E-state index in [1.807, 2.05) is 60.7 Å². The SMILES string of the molecule is COc1ccc(C2N=c3ccccc3=C3C(=O)NC(SCc4ccccc4)=NN32)cc1OC. The molecule has 1 unspecified atom stereocenters. The van der Waals surface area contributed by atoms with Gasteiger partial charge in [0.05, 0.1) is 19.6 Å². The van der Waals surface area contributed by atoms with Crippen molar-refractivity contribution in [1.29, 1.82) is 0 Å². The monoisotopic (exact) mass is 458 g/mol. The first-order valence-electron chi connectivity index (χ1n) is 10.4. The third-order valence-electron chi connectivity index (χ3n) is 5.44. The van der Waals surface area contributed by atoms with Crippen molar-refractivity contribution in [1.82, 2.24) is 10.3 Å². The maximum Gasteiger partial charge on any atom is 0.276 e. The Morgan fingerprint density at radius 2 is 1.73 bits per heavy atom. The van der Waals surface area contributed by atoms with Crippen molar-refractivity contribution < 1.29 is 14.3 Å². The summed E-state index contributed by atoms with van der Waals surface area (Å²) in [5.41, 5.74) is 2.47. The van der Waals surface area contributed by atoms with E-state index in [-0.39, 0.29) is 5.91 Å². The van der Waals surface area contributed by atoms with E-state index in [2.05, 4.69) is 17.4 Å². The molecule has 1 atom stereocenters. The van der Waals surface area contributed by atoms with Crippen molar-refractivity contribution in [2.45, 2.75) is 11.9 Å². The summed E-state index contributed by atoms with van der Waals surface area (Å²) < 4.78 is 10.9. The van der Waals surface area contributed by atoms with Crippen LogP contribution in [0.3, 0.4) is 0 Å². The molecule has 1 amide bonds. The lowest BCUT2D eigenvalue weighted by molar-refractivity contribution is -0.116. The van der Waals surface area contributed by atoms with Gasteiger partial charge in [-0.3, -0.25) is 15.1 Å². The molecule has 5 rings (SSSR count). The molecule has 2 aliphatic rings. The first kappa shape index (κ1) is 21.1. The minimum absolute atomic E-state index is 0.201. The van der Waals surface area contributed by atoms with E-state index in [0.717, 1.165) is 21.7 Å². The van der Waals surface area contributed by atoms with Gasteiger partial charge in [0, 0.05) is 16.5 Å². The molecule has 0 saturated carbocycles. The Kier molecular flexibility index (Phi) is 5.75. The quantitative estimate of drug-likeness (QED) is 0.636. The van der Waals surface area contributed by atoms with Crippen LogP contribution in [0.4, 0.5) is 0 Å². The van der Waals surface area contributed by atoms with Crippen LogP contribution in [0.25, 0.3) is 5.70 Å². The van der Waals surface area contributed by atoms with Gasteiger partial charge in [-0.05, 0) is 23.8 Å². The van der Waals surface area contributed by atoms with E-state index in [1.165, 1.54) is 11.8 Å². The van der Waals surface area contributed by atoms with Crippen molar-refractivity contribution in [3.05, 3.63) is 94.5 Å². The Balaban J connectivity index is 1.58. The Bertz CT molecular complexity index is 1360. The molecule has 0 aromatic heterocycles. The average molecular weight is 459 g/mol. The summed E-state index contributed by atoms with van der Waals surface area (Å²) in [5.74, 6) is 1.71. The van der Waals surface area contributed by atoms with Gasteiger partial charge in [0.15, 0.2) is 22.8 Å². The smallest absolute Gasteiger partial charge is 0.276 e. The lowest BCUT2D eigenvalue weighted by atomic mass is 10.1. The third kappa shape index (κ3) is 4.05. The second-order valence-electron chi connectivity index (χ2n) is 7.46. The first-order chi connectivity index (χ1) is 16.2. The Morgan fingerprint density at radius 1 is 0.970 bits per heavy atom. The number of hydrazone groups is 1. The standard InChI is InChI=1S/C25H22N4O3S/c1-31-20-13-12-17(14-21(20)32-2)23-26-19-11-7-6-10-18(19)22-24(30)27-25(28-29(22)23)33-15-16-8-4-3-5-9-16/h3-14,23H,15H2,1-2H3,(H,27,28,30). The van der Waals surface area contributed by atoms with E-state index in [4.69, 9.17) is 19.6 Å². The summed E-state index contributed by atoms with van der Waals surface area (Å²) in [5, 5.41) is 11.5. The number of para-hydroxylation sites is 1. The number of hydrogen-bond acceptors (Lipinski definition) is 7. The van der Waals surface area contributed by atoms with E-state index in [1.54, 1.807) is 19.2 Å². The van der Waals surface area contributed by atoms with Crippen LogP contribution in [-0.2, 0) is 10.5 Å². The molecule has 2 aliphatic heterocycles. The van der Waals surface area contributed by atoms with Crippen LogP contribution in [0.5, 0.6) is 11.5 Å². The van der Waals surface area contributed by atoms with Gasteiger partial charge in [0.2, 0.25) is 0 Å². The molecular formula is C25H22N4O3S. The number of nitrogens with zero attached hydrogens (tertiary/aromatic N) is 3. The third-order valence-corrected chi connectivity index (χ3v) is 6.37. The van der Waals surface area contributed by atoms with E-state index >= 15 is 0 Å². The van der Waals surface area contributed by atoms with Crippen LogP contribution in [0.15, 0.2) is 82.9 Å². The Labute approximate surface area is 195 Å². The summed E-state index contributed by atoms with van der Waals surface area (Å²) in [6.45, 7) is 0. The number of rotatable bonds is 5. The second-order valence-corrected chi connectivity index (χ2v) is 8.43. The summed E-state index contributed by atoms with van der Waals surface area (Å²) in [4.78, 5) is 18.2. The molecule has 0 radical (unpaired) electrons. The highest BCUT2D eigenvalue weighted by atomic mass is 32.2. The van der Waals surface area contributed by atoms with Gasteiger partial charge in [0.1, 0.15) is 5.70 Å². The highest BCUT2D eigenvalue weighted by Crippen LogP contribution is 2.36. The van der Waals surface area contributed by atoms with Crippen LogP contribution in [-0.4, -0.2) is 30.3 Å². The van der Waals surface area contributed by atoms with Gasteiger partial charge in [0.25, 0.3) is 5.91 Å². The van der Waals surface area contributed by atoms with Crippen molar-refractivity contribution in [2.75, 3.05) is 14.2 Å². The first-order valence-corrected chi connectivity index (χ1v) is 11.4. The summed E-state index contributed by atoms with van der Waals surface area (Å²) >= 11 is 1.48. The fraction of sp³-hybridized carbons (Fsp3) is 0.160. The maximum absolute atomic E-state index is 13.2. The normalized spacial score (nSPS) is 16.7. The molecule has 0 fully saturated rings. The van der Waals surface area contributed by atoms with E-state index in [9.17, 15) is 4.79 Å². The lowest BCUT2D eigenvalue weighted by Gasteiger charge is -2.34. The number of amidine groups is 1. The Morgan fingerprint density at radius 3 is 2.52 bits per heavy atom. The molecule has 0 aliphatic carbocycles. The van der Waals surface area contributed by atoms with Crippen molar-refractivity contribution in [2.24, 2.45) is 10.1 Å². The van der Waals surface area contributed by atoms with Gasteiger partial charge >= 0.3 is 0 Å². The van der Waals surface area contributed by atoms with Gasteiger partial charge in [-0.25, -0.2) is 5.01 Å². The number of carbonyl (C=O) groups excluding carboxylic acids is 1. The van der Waals surface area contributed by atoms with Crippen LogP contribution in [0.2, 0.25) is 0 Å². The number of ether oxygens (including phenoxy) is 2. The number of benzene rings is 3. The molecule has 2 heterocycles. The number of amides is 1. The fourth-order valence-electron chi connectivity index (χ4n) is 3.85. The number of methoxy groups -OCH3 is 2. The highest BCUT2D eigenvalue weighted by Gasteiger charge is 2.34. The summed E-state index contributed by atoms with van der Waals surface area (Å²) in [7, 11) is 3.19. The average Bonchev–Trinajstić information content (AvgIpc) is 2.87. The number of carbonyl (C=O) groups is 1. The molecule has 1 N–H and O–H groups in total.